The second-order valence-electron chi connectivity index (χ2n) is 3.31. The SMILES string of the molecule is Cc1c(C)n(C)c(C)c(C)c1=O. The Morgan fingerprint density at radius 3 is 1.58 bits per heavy atom. The lowest BCUT2D eigenvalue weighted by atomic mass is 10.1. The summed E-state index contributed by atoms with van der Waals surface area (Å²) in [6.07, 6.45) is 0. The number of hydrogen-bond donors (Lipinski definition) is 0. The normalized spacial score (nSPS) is 10.4. The van der Waals surface area contributed by atoms with Crippen LogP contribution in [-0.4, -0.2) is 4.57 Å². The maximum atomic E-state index is 11.5. The molecule has 0 fully saturated rings. The predicted octanol–water partition coefficient (Wildman–Crippen LogP) is 1.62. The molecular formula is C10H15NO. The van der Waals surface area contributed by atoms with Gasteiger partial charge >= 0.3 is 0 Å². The summed E-state index contributed by atoms with van der Waals surface area (Å²) in [7, 11) is 1.99. The molecule has 0 saturated heterocycles. The molecule has 0 spiro atoms. The van der Waals surface area contributed by atoms with E-state index >= 15 is 0 Å². The molecule has 0 saturated carbocycles. The van der Waals surface area contributed by atoms with Crippen LogP contribution in [0.4, 0.5) is 0 Å². The molecular weight excluding hydrogens is 150 g/mol. The molecule has 0 N–H and O–H groups in total. The van der Waals surface area contributed by atoms with Gasteiger partial charge in [-0.05, 0) is 27.7 Å². The van der Waals surface area contributed by atoms with Crippen molar-refractivity contribution in [3.8, 4) is 0 Å². The molecule has 0 aromatic carbocycles. The van der Waals surface area contributed by atoms with Gasteiger partial charge in [-0.3, -0.25) is 4.79 Å². The van der Waals surface area contributed by atoms with E-state index < -0.39 is 0 Å². The van der Waals surface area contributed by atoms with E-state index in [4.69, 9.17) is 0 Å². The smallest absolute Gasteiger partial charge is 0.187 e. The first-order valence-corrected chi connectivity index (χ1v) is 4.10. The van der Waals surface area contributed by atoms with Crippen LogP contribution >= 0.6 is 0 Å². The van der Waals surface area contributed by atoms with Crippen molar-refractivity contribution in [2.24, 2.45) is 7.05 Å². The molecule has 1 aromatic rings. The topological polar surface area (TPSA) is 22.0 Å². The van der Waals surface area contributed by atoms with Crippen LogP contribution in [0, 0.1) is 27.7 Å². The maximum Gasteiger partial charge on any atom is 0.187 e. The Hall–Kier alpha value is -1.05. The average molecular weight is 165 g/mol. The van der Waals surface area contributed by atoms with E-state index in [1.165, 1.54) is 0 Å². The minimum Gasteiger partial charge on any atom is -0.351 e. The largest absolute Gasteiger partial charge is 0.351 e. The van der Waals surface area contributed by atoms with Crippen LogP contribution in [-0.2, 0) is 7.05 Å². The highest BCUT2D eigenvalue weighted by molar-refractivity contribution is 5.29. The minimum absolute atomic E-state index is 0.183. The number of nitrogens with zero attached hydrogens (tertiary/aromatic N) is 1. The number of rotatable bonds is 0. The van der Waals surface area contributed by atoms with E-state index in [2.05, 4.69) is 4.57 Å². The second kappa shape index (κ2) is 2.77. The van der Waals surface area contributed by atoms with E-state index in [1.807, 2.05) is 34.7 Å². The first-order valence-electron chi connectivity index (χ1n) is 4.10. The van der Waals surface area contributed by atoms with Crippen LogP contribution in [0.15, 0.2) is 4.79 Å². The zero-order valence-electron chi connectivity index (χ0n) is 8.36. The Balaban J connectivity index is 3.73. The highest BCUT2D eigenvalue weighted by atomic mass is 16.1. The van der Waals surface area contributed by atoms with Crippen LogP contribution < -0.4 is 5.43 Å². The molecule has 2 heteroatoms. The average Bonchev–Trinajstić information content (AvgIpc) is 2.08. The Morgan fingerprint density at radius 1 is 0.917 bits per heavy atom. The van der Waals surface area contributed by atoms with E-state index in [1.54, 1.807) is 0 Å². The van der Waals surface area contributed by atoms with Crippen molar-refractivity contribution >= 4 is 0 Å². The monoisotopic (exact) mass is 165 g/mol. The van der Waals surface area contributed by atoms with Crippen molar-refractivity contribution in [3.63, 3.8) is 0 Å². The highest BCUT2D eigenvalue weighted by Crippen LogP contribution is 2.07. The molecule has 0 bridgehead atoms. The summed E-state index contributed by atoms with van der Waals surface area (Å²) < 4.78 is 2.06. The summed E-state index contributed by atoms with van der Waals surface area (Å²) in [6, 6.07) is 0. The van der Waals surface area contributed by atoms with Gasteiger partial charge in [-0.1, -0.05) is 0 Å². The fourth-order valence-corrected chi connectivity index (χ4v) is 1.36. The highest BCUT2D eigenvalue weighted by Gasteiger charge is 2.07. The summed E-state index contributed by atoms with van der Waals surface area (Å²) in [5.74, 6) is 0. The Bertz CT molecular complexity index is 342. The molecule has 0 radical (unpaired) electrons. The summed E-state index contributed by atoms with van der Waals surface area (Å²) in [5, 5.41) is 0. The second-order valence-corrected chi connectivity index (χ2v) is 3.31. The van der Waals surface area contributed by atoms with Crippen molar-refractivity contribution in [2.75, 3.05) is 0 Å². The molecule has 1 rings (SSSR count). The molecule has 0 atom stereocenters. The van der Waals surface area contributed by atoms with Gasteiger partial charge < -0.3 is 4.57 Å². The molecule has 66 valence electrons. The van der Waals surface area contributed by atoms with Crippen LogP contribution in [0.3, 0.4) is 0 Å². The van der Waals surface area contributed by atoms with Gasteiger partial charge in [0.1, 0.15) is 0 Å². The summed E-state index contributed by atoms with van der Waals surface area (Å²) in [4.78, 5) is 11.5. The molecule has 0 aliphatic carbocycles. The van der Waals surface area contributed by atoms with Gasteiger partial charge in [-0.25, -0.2) is 0 Å². The number of pyridine rings is 1. The maximum absolute atomic E-state index is 11.5. The molecule has 2 nitrogen and oxygen atoms in total. The molecule has 1 heterocycles. The quantitative estimate of drug-likeness (QED) is 0.572. The number of hydrogen-bond acceptors (Lipinski definition) is 1. The number of aromatic nitrogens is 1. The van der Waals surface area contributed by atoms with Crippen molar-refractivity contribution in [1.29, 1.82) is 0 Å². The fraction of sp³-hybridized carbons (Fsp3) is 0.500. The van der Waals surface area contributed by atoms with E-state index in [9.17, 15) is 4.79 Å². The van der Waals surface area contributed by atoms with E-state index in [0.717, 1.165) is 22.5 Å². The van der Waals surface area contributed by atoms with Crippen LogP contribution in [0.25, 0.3) is 0 Å². The first kappa shape index (κ1) is 9.04. The molecule has 0 amide bonds. The fourth-order valence-electron chi connectivity index (χ4n) is 1.36. The van der Waals surface area contributed by atoms with Gasteiger partial charge in [0, 0.05) is 29.6 Å². The van der Waals surface area contributed by atoms with Crippen LogP contribution in [0.1, 0.15) is 22.5 Å². The zero-order chi connectivity index (χ0) is 9.46. The molecule has 12 heavy (non-hydrogen) atoms. The van der Waals surface area contributed by atoms with Gasteiger partial charge in [0.2, 0.25) is 0 Å². The third kappa shape index (κ3) is 1.07. The summed E-state index contributed by atoms with van der Waals surface area (Å²) in [6.45, 7) is 7.71. The van der Waals surface area contributed by atoms with Crippen molar-refractivity contribution < 1.29 is 0 Å². The Labute approximate surface area is 72.8 Å². The lowest BCUT2D eigenvalue weighted by Crippen LogP contribution is -2.19. The predicted molar refractivity (Wildman–Crippen MR) is 50.6 cm³/mol. The zero-order valence-corrected chi connectivity index (χ0v) is 8.36. The van der Waals surface area contributed by atoms with Crippen LogP contribution in [0.5, 0.6) is 0 Å². The van der Waals surface area contributed by atoms with Crippen molar-refractivity contribution in [1.82, 2.24) is 4.57 Å². The third-order valence-electron chi connectivity index (χ3n) is 2.77. The molecule has 1 aromatic heterocycles. The molecule has 0 aliphatic heterocycles. The van der Waals surface area contributed by atoms with Gasteiger partial charge in [0.25, 0.3) is 0 Å². The van der Waals surface area contributed by atoms with Crippen molar-refractivity contribution in [2.45, 2.75) is 27.7 Å². The van der Waals surface area contributed by atoms with Crippen LogP contribution in [0.2, 0.25) is 0 Å². The van der Waals surface area contributed by atoms with Gasteiger partial charge in [0.05, 0.1) is 0 Å². The third-order valence-corrected chi connectivity index (χ3v) is 2.77. The summed E-state index contributed by atoms with van der Waals surface area (Å²) >= 11 is 0. The van der Waals surface area contributed by atoms with E-state index in [-0.39, 0.29) is 5.43 Å². The van der Waals surface area contributed by atoms with E-state index in [0.29, 0.717) is 0 Å². The first-order chi connectivity index (χ1) is 5.46. The van der Waals surface area contributed by atoms with Gasteiger partial charge in [0.15, 0.2) is 5.43 Å². The summed E-state index contributed by atoms with van der Waals surface area (Å²) in [5.41, 5.74) is 4.02. The lowest BCUT2D eigenvalue weighted by Gasteiger charge is -2.13. The minimum atomic E-state index is 0.183. The molecule has 0 aliphatic rings. The Kier molecular flexibility index (Phi) is 2.09. The van der Waals surface area contributed by atoms with Gasteiger partial charge in [-0.2, -0.15) is 0 Å². The van der Waals surface area contributed by atoms with Gasteiger partial charge in [-0.15, -0.1) is 0 Å². The van der Waals surface area contributed by atoms with Crippen molar-refractivity contribution in [3.05, 3.63) is 32.7 Å². The lowest BCUT2D eigenvalue weighted by molar-refractivity contribution is 0.791. The molecule has 0 unspecified atom stereocenters. The standard InChI is InChI=1S/C10H15NO/c1-6-8(3)11(5)9(4)7(2)10(6)12/h1-5H3. The Morgan fingerprint density at radius 2 is 1.25 bits per heavy atom.